The molecular weight excluding hydrogens is 172 g/mol. The second kappa shape index (κ2) is 3.51. The van der Waals surface area contributed by atoms with Crippen molar-refractivity contribution in [2.24, 2.45) is 0 Å². The lowest BCUT2D eigenvalue weighted by atomic mass is 10.1. The van der Waals surface area contributed by atoms with Crippen molar-refractivity contribution in [1.29, 1.82) is 0 Å². The van der Waals surface area contributed by atoms with Gasteiger partial charge in [-0.15, -0.1) is 11.3 Å². The maximum atomic E-state index is 9.79. The molecule has 0 aliphatic carbocycles. The second-order valence-corrected chi connectivity index (χ2v) is 3.94. The molecule has 1 aromatic heterocycles. The third-order valence-corrected chi connectivity index (χ3v) is 3.03. The van der Waals surface area contributed by atoms with Crippen LogP contribution in [0, 0.1) is 0 Å². The smallest absolute Gasteiger partial charge is 0.123 e. The summed E-state index contributed by atoms with van der Waals surface area (Å²) >= 11 is 1.52. The Bertz CT molecular complexity index is 231. The molecular formula is C8H12N2OS. The molecule has 1 unspecified atom stereocenters. The quantitative estimate of drug-likeness (QED) is 0.718. The van der Waals surface area contributed by atoms with Gasteiger partial charge >= 0.3 is 0 Å². The number of rotatable bonds is 2. The van der Waals surface area contributed by atoms with Crippen LogP contribution in [-0.4, -0.2) is 22.7 Å². The molecule has 2 rings (SSSR count). The summed E-state index contributed by atoms with van der Waals surface area (Å²) in [7, 11) is 0. The van der Waals surface area contributed by atoms with Gasteiger partial charge in [0, 0.05) is 17.6 Å². The van der Waals surface area contributed by atoms with Crippen molar-refractivity contribution in [3.05, 3.63) is 16.6 Å². The average molecular weight is 184 g/mol. The summed E-state index contributed by atoms with van der Waals surface area (Å²) in [6.45, 7) is 1.02. The zero-order valence-corrected chi connectivity index (χ0v) is 7.55. The van der Waals surface area contributed by atoms with E-state index in [2.05, 4.69) is 10.3 Å². The third kappa shape index (κ3) is 1.50. The highest BCUT2D eigenvalue weighted by Gasteiger charge is 2.25. The molecule has 1 fully saturated rings. The fraction of sp³-hybridized carbons (Fsp3) is 0.625. The standard InChI is InChI=1S/C8H12N2OS/c11-7(6-2-1-3-9-6)8-10-4-5-12-8/h4-7,9,11H,1-3H2/t6-,7?/m1/s1. The Balaban J connectivity index is 2.04. The first kappa shape index (κ1) is 8.16. The maximum Gasteiger partial charge on any atom is 0.123 e. The third-order valence-electron chi connectivity index (χ3n) is 2.18. The van der Waals surface area contributed by atoms with Crippen LogP contribution in [0.15, 0.2) is 11.6 Å². The summed E-state index contributed by atoms with van der Waals surface area (Å²) in [5, 5.41) is 15.8. The molecule has 0 saturated carbocycles. The van der Waals surface area contributed by atoms with Gasteiger partial charge in [-0.25, -0.2) is 4.98 Å². The number of nitrogens with zero attached hydrogens (tertiary/aromatic N) is 1. The number of hydrogen-bond acceptors (Lipinski definition) is 4. The fourth-order valence-electron chi connectivity index (χ4n) is 1.53. The first-order valence-corrected chi connectivity index (χ1v) is 5.07. The van der Waals surface area contributed by atoms with Crippen molar-refractivity contribution in [1.82, 2.24) is 10.3 Å². The van der Waals surface area contributed by atoms with Gasteiger partial charge in [0.15, 0.2) is 0 Å². The molecule has 0 radical (unpaired) electrons. The minimum absolute atomic E-state index is 0.219. The molecule has 2 atom stereocenters. The van der Waals surface area contributed by atoms with E-state index in [-0.39, 0.29) is 6.04 Å². The summed E-state index contributed by atoms with van der Waals surface area (Å²) in [5.74, 6) is 0. The molecule has 66 valence electrons. The van der Waals surface area contributed by atoms with Crippen LogP contribution in [0.3, 0.4) is 0 Å². The van der Waals surface area contributed by atoms with E-state index in [1.54, 1.807) is 6.20 Å². The van der Waals surface area contributed by atoms with Gasteiger partial charge in [-0.1, -0.05) is 0 Å². The van der Waals surface area contributed by atoms with E-state index in [1.165, 1.54) is 11.3 Å². The van der Waals surface area contributed by atoms with Crippen LogP contribution in [0.5, 0.6) is 0 Å². The van der Waals surface area contributed by atoms with E-state index in [0.29, 0.717) is 0 Å². The van der Waals surface area contributed by atoms with Gasteiger partial charge in [-0.2, -0.15) is 0 Å². The number of aliphatic hydroxyl groups is 1. The Kier molecular flexibility index (Phi) is 2.39. The van der Waals surface area contributed by atoms with Gasteiger partial charge < -0.3 is 10.4 Å². The zero-order chi connectivity index (χ0) is 8.39. The Hall–Kier alpha value is -0.450. The summed E-state index contributed by atoms with van der Waals surface area (Å²) in [5.41, 5.74) is 0. The first-order chi connectivity index (χ1) is 5.88. The average Bonchev–Trinajstić information content (AvgIpc) is 2.77. The highest BCUT2D eigenvalue weighted by atomic mass is 32.1. The van der Waals surface area contributed by atoms with Gasteiger partial charge in [0.1, 0.15) is 11.1 Å². The van der Waals surface area contributed by atoms with E-state index in [1.807, 2.05) is 5.38 Å². The minimum Gasteiger partial charge on any atom is -0.384 e. The highest BCUT2D eigenvalue weighted by Crippen LogP contribution is 2.23. The van der Waals surface area contributed by atoms with Crippen LogP contribution in [0.25, 0.3) is 0 Å². The predicted molar refractivity (Wildman–Crippen MR) is 48.1 cm³/mol. The maximum absolute atomic E-state index is 9.79. The van der Waals surface area contributed by atoms with E-state index in [9.17, 15) is 5.11 Å². The molecule has 0 amide bonds. The molecule has 1 aliphatic rings. The number of thiazole rings is 1. The van der Waals surface area contributed by atoms with Gasteiger partial charge in [-0.05, 0) is 19.4 Å². The van der Waals surface area contributed by atoms with Crippen LogP contribution in [0.2, 0.25) is 0 Å². The zero-order valence-electron chi connectivity index (χ0n) is 6.73. The molecule has 0 bridgehead atoms. The molecule has 3 nitrogen and oxygen atoms in total. The molecule has 1 saturated heterocycles. The largest absolute Gasteiger partial charge is 0.384 e. The molecule has 0 aromatic carbocycles. The van der Waals surface area contributed by atoms with E-state index >= 15 is 0 Å². The Morgan fingerprint density at radius 3 is 3.25 bits per heavy atom. The predicted octanol–water partition coefficient (Wildman–Crippen LogP) is 0.929. The lowest BCUT2D eigenvalue weighted by Gasteiger charge is -2.15. The molecule has 0 spiro atoms. The Morgan fingerprint density at radius 2 is 2.67 bits per heavy atom. The van der Waals surface area contributed by atoms with Crippen molar-refractivity contribution in [2.45, 2.75) is 25.0 Å². The molecule has 1 aromatic rings. The summed E-state index contributed by atoms with van der Waals surface area (Å²) in [6, 6.07) is 0.219. The molecule has 12 heavy (non-hydrogen) atoms. The van der Waals surface area contributed by atoms with Crippen molar-refractivity contribution in [3.63, 3.8) is 0 Å². The summed E-state index contributed by atoms with van der Waals surface area (Å²) in [6.07, 6.45) is 3.54. The van der Waals surface area contributed by atoms with Crippen LogP contribution in [0.4, 0.5) is 0 Å². The SMILES string of the molecule is OC(c1nccs1)[C@H]1CCCN1. The van der Waals surface area contributed by atoms with Crippen LogP contribution >= 0.6 is 11.3 Å². The minimum atomic E-state index is -0.410. The number of hydrogen-bond donors (Lipinski definition) is 2. The Labute approximate surface area is 75.5 Å². The fourth-order valence-corrected chi connectivity index (χ4v) is 2.22. The molecule has 2 N–H and O–H groups in total. The van der Waals surface area contributed by atoms with Crippen molar-refractivity contribution in [3.8, 4) is 0 Å². The van der Waals surface area contributed by atoms with Gasteiger partial charge in [0.25, 0.3) is 0 Å². The second-order valence-electron chi connectivity index (χ2n) is 3.02. The van der Waals surface area contributed by atoms with Crippen molar-refractivity contribution in [2.75, 3.05) is 6.54 Å². The Morgan fingerprint density at radius 1 is 1.75 bits per heavy atom. The lowest BCUT2D eigenvalue weighted by molar-refractivity contribution is 0.137. The van der Waals surface area contributed by atoms with Gasteiger partial charge in [0.05, 0.1) is 0 Å². The molecule has 1 aliphatic heterocycles. The van der Waals surface area contributed by atoms with E-state index in [4.69, 9.17) is 0 Å². The first-order valence-electron chi connectivity index (χ1n) is 4.19. The lowest BCUT2D eigenvalue weighted by Crippen LogP contribution is -2.28. The van der Waals surface area contributed by atoms with Crippen LogP contribution in [0.1, 0.15) is 24.0 Å². The van der Waals surface area contributed by atoms with Crippen molar-refractivity contribution < 1.29 is 5.11 Å². The van der Waals surface area contributed by atoms with E-state index < -0.39 is 6.10 Å². The molecule has 4 heteroatoms. The summed E-state index contributed by atoms with van der Waals surface area (Å²) in [4.78, 5) is 4.09. The van der Waals surface area contributed by atoms with Crippen LogP contribution < -0.4 is 5.32 Å². The summed E-state index contributed by atoms with van der Waals surface area (Å²) < 4.78 is 0. The highest BCUT2D eigenvalue weighted by molar-refractivity contribution is 7.09. The van der Waals surface area contributed by atoms with Gasteiger partial charge in [0.2, 0.25) is 0 Å². The van der Waals surface area contributed by atoms with E-state index in [0.717, 1.165) is 24.4 Å². The van der Waals surface area contributed by atoms with Crippen molar-refractivity contribution >= 4 is 11.3 Å². The normalized spacial score (nSPS) is 25.9. The monoisotopic (exact) mass is 184 g/mol. The van der Waals surface area contributed by atoms with Gasteiger partial charge in [-0.3, -0.25) is 0 Å². The number of aliphatic hydroxyl groups excluding tert-OH is 1. The van der Waals surface area contributed by atoms with Crippen LogP contribution in [-0.2, 0) is 0 Å². The topological polar surface area (TPSA) is 45.2 Å². The molecule has 2 heterocycles. The number of aromatic nitrogens is 1. The number of nitrogens with one attached hydrogen (secondary N) is 1.